The highest BCUT2D eigenvalue weighted by Gasteiger charge is 2.41. The lowest BCUT2D eigenvalue weighted by Gasteiger charge is -2.36. The van der Waals surface area contributed by atoms with E-state index in [1.807, 2.05) is 0 Å². The SMILES string of the molecule is CCC(=O)N1CCCC(O)(C(=O)O)C1. The molecule has 1 saturated heterocycles. The van der Waals surface area contributed by atoms with Gasteiger partial charge in [0.15, 0.2) is 5.60 Å². The van der Waals surface area contributed by atoms with Gasteiger partial charge >= 0.3 is 5.97 Å². The quantitative estimate of drug-likeness (QED) is 0.650. The third kappa shape index (κ3) is 2.04. The maximum Gasteiger partial charge on any atom is 0.337 e. The molecule has 2 N–H and O–H groups in total. The number of carboxylic acid groups (broad SMARTS) is 1. The van der Waals surface area contributed by atoms with Crippen LogP contribution in [0.2, 0.25) is 0 Å². The Kier molecular flexibility index (Phi) is 3.10. The second-order valence-corrected chi connectivity index (χ2v) is 3.61. The number of aliphatic carboxylic acids is 1. The number of likely N-dealkylation sites (tertiary alicyclic amines) is 1. The molecule has 1 rings (SSSR count). The Bertz CT molecular complexity index is 253. The molecule has 0 aromatic rings. The molecule has 1 aliphatic heterocycles. The topological polar surface area (TPSA) is 77.8 Å². The minimum absolute atomic E-state index is 0.0883. The van der Waals surface area contributed by atoms with Crippen LogP contribution in [0.15, 0.2) is 0 Å². The van der Waals surface area contributed by atoms with Crippen molar-refractivity contribution in [3.63, 3.8) is 0 Å². The van der Waals surface area contributed by atoms with E-state index in [0.717, 1.165) is 0 Å². The number of carbonyl (C=O) groups is 2. The molecule has 1 unspecified atom stereocenters. The van der Waals surface area contributed by atoms with Gasteiger partial charge in [0.25, 0.3) is 0 Å². The predicted octanol–water partition coefficient (Wildman–Crippen LogP) is -0.166. The van der Waals surface area contributed by atoms with Crippen LogP contribution < -0.4 is 0 Å². The molecule has 5 nitrogen and oxygen atoms in total. The summed E-state index contributed by atoms with van der Waals surface area (Å²) in [6, 6.07) is 0. The normalized spacial score (nSPS) is 27.4. The molecule has 14 heavy (non-hydrogen) atoms. The van der Waals surface area contributed by atoms with Crippen molar-refractivity contribution < 1.29 is 19.8 Å². The zero-order chi connectivity index (χ0) is 10.8. The number of aliphatic hydroxyl groups is 1. The van der Waals surface area contributed by atoms with E-state index in [4.69, 9.17) is 5.11 Å². The van der Waals surface area contributed by atoms with Crippen LogP contribution in [0.3, 0.4) is 0 Å². The first kappa shape index (κ1) is 11.0. The molecule has 80 valence electrons. The van der Waals surface area contributed by atoms with Crippen molar-refractivity contribution in [3.8, 4) is 0 Å². The number of hydrogen-bond acceptors (Lipinski definition) is 3. The maximum atomic E-state index is 11.3. The molecule has 0 radical (unpaired) electrons. The first-order valence-corrected chi connectivity index (χ1v) is 4.73. The van der Waals surface area contributed by atoms with Gasteiger partial charge < -0.3 is 15.1 Å². The molecule has 0 spiro atoms. The Morgan fingerprint density at radius 3 is 2.64 bits per heavy atom. The van der Waals surface area contributed by atoms with Gasteiger partial charge in [-0.1, -0.05) is 6.92 Å². The third-order valence-electron chi connectivity index (χ3n) is 2.52. The van der Waals surface area contributed by atoms with E-state index in [9.17, 15) is 14.7 Å². The van der Waals surface area contributed by atoms with Crippen molar-refractivity contribution in [1.82, 2.24) is 4.90 Å². The first-order chi connectivity index (χ1) is 6.49. The second kappa shape index (κ2) is 3.96. The third-order valence-corrected chi connectivity index (χ3v) is 2.52. The summed E-state index contributed by atoms with van der Waals surface area (Å²) < 4.78 is 0. The van der Waals surface area contributed by atoms with Gasteiger partial charge in [0, 0.05) is 13.0 Å². The van der Waals surface area contributed by atoms with Gasteiger partial charge in [0.05, 0.1) is 6.54 Å². The van der Waals surface area contributed by atoms with Crippen LogP contribution in [0.1, 0.15) is 26.2 Å². The molecule has 0 aromatic carbocycles. The molecule has 0 aliphatic carbocycles. The summed E-state index contributed by atoms with van der Waals surface area (Å²) in [6.07, 6.45) is 1.10. The van der Waals surface area contributed by atoms with E-state index in [2.05, 4.69) is 0 Å². The Labute approximate surface area is 82.3 Å². The van der Waals surface area contributed by atoms with E-state index < -0.39 is 11.6 Å². The Balaban J connectivity index is 2.69. The van der Waals surface area contributed by atoms with Crippen LogP contribution >= 0.6 is 0 Å². The van der Waals surface area contributed by atoms with Crippen LogP contribution in [-0.4, -0.2) is 45.7 Å². The van der Waals surface area contributed by atoms with E-state index in [1.54, 1.807) is 6.92 Å². The van der Waals surface area contributed by atoms with Crippen molar-refractivity contribution in [2.45, 2.75) is 31.8 Å². The summed E-state index contributed by atoms with van der Waals surface area (Å²) in [5.41, 5.74) is -1.75. The van der Waals surface area contributed by atoms with E-state index in [1.165, 1.54) is 4.90 Å². The van der Waals surface area contributed by atoms with Gasteiger partial charge in [0.2, 0.25) is 5.91 Å². The fourth-order valence-electron chi connectivity index (χ4n) is 1.65. The van der Waals surface area contributed by atoms with Crippen molar-refractivity contribution >= 4 is 11.9 Å². The molecule has 0 bridgehead atoms. The van der Waals surface area contributed by atoms with Crippen molar-refractivity contribution in [1.29, 1.82) is 0 Å². The summed E-state index contributed by atoms with van der Waals surface area (Å²) in [4.78, 5) is 23.5. The standard InChI is InChI=1S/C9H15NO4/c1-2-7(11)10-5-3-4-9(14,6-10)8(12)13/h14H,2-6H2,1H3,(H,12,13). The average molecular weight is 201 g/mol. The molecule has 5 heteroatoms. The molecule has 1 heterocycles. The van der Waals surface area contributed by atoms with E-state index in [0.29, 0.717) is 19.4 Å². The number of amides is 1. The summed E-state index contributed by atoms with van der Waals surface area (Å²) in [5.74, 6) is -1.35. The highest BCUT2D eigenvalue weighted by molar-refractivity contribution is 5.81. The number of piperidine rings is 1. The van der Waals surface area contributed by atoms with Gasteiger partial charge in [-0.3, -0.25) is 4.79 Å². The van der Waals surface area contributed by atoms with Gasteiger partial charge in [-0.25, -0.2) is 4.79 Å². The smallest absolute Gasteiger partial charge is 0.337 e. The van der Waals surface area contributed by atoms with Crippen molar-refractivity contribution in [2.75, 3.05) is 13.1 Å². The number of nitrogens with zero attached hydrogens (tertiary/aromatic N) is 1. The number of carboxylic acids is 1. The van der Waals surface area contributed by atoms with Gasteiger partial charge in [-0.15, -0.1) is 0 Å². The lowest BCUT2D eigenvalue weighted by molar-refractivity contribution is -0.166. The van der Waals surface area contributed by atoms with Crippen LogP contribution in [0, 0.1) is 0 Å². The minimum Gasteiger partial charge on any atom is -0.479 e. The molecule has 1 fully saturated rings. The van der Waals surface area contributed by atoms with Crippen LogP contribution in [-0.2, 0) is 9.59 Å². The summed E-state index contributed by atoms with van der Waals surface area (Å²) in [6.45, 7) is 2.17. The van der Waals surface area contributed by atoms with Gasteiger partial charge in [0.1, 0.15) is 0 Å². The highest BCUT2D eigenvalue weighted by atomic mass is 16.4. The fourth-order valence-corrected chi connectivity index (χ4v) is 1.65. The number of hydrogen-bond donors (Lipinski definition) is 2. The van der Waals surface area contributed by atoms with Crippen molar-refractivity contribution in [3.05, 3.63) is 0 Å². The highest BCUT2D eigenvalue weighted by Crippen LogP contribution is 2.21. The largest absolute Gasteiger partial charge is 0.479 e. The summed E-state index contributed by atoms with van der Waals surface area (Å²) in [7, 11) is 0. The number of β-amino-alcohol motifs (C(OH)–C–C–N with tert-alkyl or cyclic N) is 1. The molecular weight excluding hydrogens is 186 g/mol. The van der Waals surface area contributed by atoms with Crippen molar-refractivity contribution in [2.24, 2.45) is 0 Å². The van der Waals surface area contributed by atoms with Gasteiger partial charge in [-0.2, -0.15) is 0 Å². The predicted molar refractivity (Wildman–Crippen MR) is 48.7 cm³/mol. The maximum absolute atomic E-state index is 11.3. The van der Waals surface area contributed by atoms with E-state index >= 15 is 0 Å². The number of rotatable bonds is 2. The molecule has 1 amide bonds. The fraction of sp³-hybridized carbons (Fsp3) is 0.778. The molecule has 0 aromatic heterocycles. The number of carbonyl (C=O) groups excluding carboxylic acids is 1. The summed E-state index contributed by atoms with van der Waals surface area (Å²) in [5, 5.41) is 18.5. The summed E-state index contributed by atoms with van der Waals surface area (Å²) >= 11 is 0. The molecular formula is C9H15NO4. The zero-order valence-corrected chi connectivity index (χ0v) is 8.19. The molecule has 0 saturated carbocycles. The van der Waals surface area contributed by atoms with Gasteiger partial charge in [-0.05, 0) is 12.8 Å². The Morgan fingerprint density at radius 1 is 1.50 bits per heavy atom. The Hall–Kier alpha value is -1.10. The second-order valence-electron chi connectivity index (χ2n) is 3.61. The first-order valence-electron chi connectivity index (χ1n) is 4.73. The minimum atomic E-state index is -1.75. The van der Waals surface area contributed by atoms with Crippen LogP contribution in [0.5, 0.6) is 0 Å². The molecule has 1 aliphatic rings. The lowest BCUT2D eigenvalue weighted by Crippen LogP contribution is -2.54. The average Bonchev–Trinajstić information content (AvgIpc) is 2.16. The van der Waals surface area contributed by atoms with Crippen LogP contribution in [0.4, 0.5) is 0 Å². The van der Waals surface area contributed by atoms with Crippen LogP contribution in [0.25, 0.3) is 0 Å². The Morgan fingerprint density at radius 2 is 2.14 bits per heavy atom. The zero-order valence-electron chi connectivity index (χ0n) is 8.19. The monoisotopic (exact) mass is 201 g/mol. The van der Waals surface area contributed by atoms with E-state index in [-0.39, 0.29) is 18.9 Å². The lowest BCUT2D eigenvalue weighted by atomic mass is 9.93. The molecule has 1 atom stereocenters.